The highest BCUT2D eigenvalue weighted by Crippen LogP contribution is 2.46. The van der Waals surface area contributed by atoms with Crippen LogP contribution in [-0.4, -0.2) is 0 Å². The molecule has 1 aliphatic rings. The van der Waals surface area contributed by atoms with Crippen molar-refractivity contribution in [2.45, 2.75) is 0 Å². The summed E-state index contributed by atoms with van der Waals surface area (Å²) in [7, 11) is 0. The molecule has 3 heteroatoms. The van der Waals surface area contributed by atoms with Crippen LogP contribution in [0.5, 0.6) is 0 Å². The maximum Gasteiger partial charge on any atom is 0.225 e. The molecule has 1 aliphatic heterocycles. The van der Waals surface area contributed by atoms with Gasteiger partial charge in [-0.1, -0.05) is 30.3 Å². The molecule has 0 spiro atoms. The van der Waals surface area contributed by atoms with Gasteiger partial charge >= 0.3 is 0 Å². The van der Waals surface area contributed by atoms with E-state index in [2.05, 4.69) is 15.9 Å². The van der Waals surface area contributed by atoms with Crippen LogP contribution in [0.4, 0.5) is 0 Å². The minimum absolute atomic E-state index is 0.969. The zero-order valence-corrected chi connectivity index (χ0v) is 7.98. The number of rotatable bonds is 1. The third kappa shape index (κ3) is 1.60. The van der Waals surface area contributed by atoms with Crippen molar-refractivity contribution in [3.63, 3.8) is 0 Å². The molecule has 0 aromatic heterocycles. The van der Waals surface area contributed by atoms with Crippen LogP contribution in [0.15, 0.2) is 35.4 Å². The smallest absolute Gasteiger partial charge is 0.225 e. The van der Waals surface area contributed by atoms with Crippen molar-refractivity contribution in [2.24, 2.45) is 0 Å². The van der Waals surface area contributed by atoms with Crippen LogP contribution >= 0.6 is 28.0 Å². The van der Waals surface area contributed by atoms with Gasteiger partial charge in [0, 0.05) is 0 Å². The van der Waals surface area contributed by atoms with Crippen LogP contribution in [0.25, 0.3) is 4.48 Å². The summed E-state index contributed by atoms with van der Waals surface area (Å²) in [6, 6.07) is 10.1. The molecule has 1 aromatic carbocycles. The van der Waals surface area contributed by atoms with E-state index in [1.165, 1.54) is 12.0 Å². The quantitative estimate of drug-likeness (QED) is 0.540. The molecule has 1 aromatic rings. The molecule has 1 heterocycles. The van der Waals surface area contributed by atoms with Gasteiger partial charge in [-0.15, -0.1) is 0 Å². The van der Waals surface area contributed by atoms with Gasteiger partial charge in [0.25, 0.3) is 0 Å². The summed E-state index contributed by atoms with van der Waals surface area (Å²) in [5.41, 5.74) is 1.16. The molecule has 0 aliphatic carbocycles. The SMILES string of the molecule is BrC(=C1OS1)c1ccccc1. The highest BCUT2D eigenvalue weighted by molar-refractivity contribution is 9.15. The molecule has 0 atom stereocenters. The minimum atomic E-state index is 0.969. The van der Waals surface area contributed by atoms with Crippen LogP contribution in [0, 0.1) is 0 Å². The molecule has 0 unspecified atom stereocenters. The van der Waals surface area contributed by atoms with Crippen molar-refractivity contribution in [3.05, 3.63) is 41.0 Å². The second kappa shape index (κ2) is 2.91. The number of hydrogen-bond donors (Lipinski definition) is 0. The highest BCUT2D eigenvalue weighted by atomic mass is 79.9. The first-order chi connectivity index (χ1) is 5.38. The lowest BCUT2D eigenvalue weighted by Gasteiger charge is -1.93. The van der Waals surface area contributed by atoms with Crippen molar-refractivity contribution in [3.8, 4) is 0 Å². The van der Waals surface area contributed by atoms with Gasteiger partial charge in [0.1, 0.15) is 12.0 Å². The van der Waals surface area contributed by atoms with Crippen LogP contribution in [0.2, 0.25) is 0 Å². The molecule has 0 bridgehead atoms. The van der Waals surface area contributed by atoms with Crippen LogP contribution in [-0.2, 0) is 4.18 Å². The third-order valence-electron chi connectivity index (χ3n) is 1.37. The number of hydrogen-bond acceptors (Lipinski definition) is 2. The molecular formula is C8H5BrOS. The fraction of sp³-hybridized carbons (Fsp3) is 0. The van der Waals surface area contributed by atoms with Gasteiger partial charge in [-0.05, 0) is 21.5 Å². The largest absolute Gasteiger partial charge is 0.406 e. The number of halogens is 1. The lowest BCUT2D eigenvalue weighted by molar-refractivity contribution is 0.654. The van der Waals surface area contributed by atoms with Gasteiger partial charge in [0.05, 0.1) is 4.48 Å². The molecular weight excluding hydrogens is 224 g/mol. The van der Waals surface area contributed by atoms with E-state index in [4.69, 9.17) is 4.18 Å². The predicted octanol–water partition coefficient (Wildman–Crippen LogP) is 3.39. The summed E-state index contributed by atoms with van der Waals surface area (Å²) in [4.78, 5) is 0. The fourth-order valence-electron chi connectivity index (χ4n) is 0.796. The maximum absolute atomic E-state index is 4.97. The van der Waals surface area contributed by atoms with Gasteiger partial charge in [0.15, 0.2) is 0 Å². The molecule has 0 radical (unpaired) electrons. The van der Waals surface area contributed by atoms with Gasteiger partial charge < -0.3 is 4.18 Å². The number of benzene rings is 1. The van der Waals surface area contributed by atoms with Gasteiger partial charge in [0.2, 0.25) is 5.09 Å². The van der Waals surface area contributed by atoms with Crippen molar-refractivity contribution >= 4 is 32.5 Å². The van der Waals surface area contributed by atoms with Gasteiger partial charge in [-0.3, -0.25) is 0 Å². The highest BCUT2D eigenvalue weighted by Gasteiger charge is 2.22. The maximum atomic E-state index is 4.97. The lowest BCUT2D eigenvalue weighted by Crippen LogP contribution is -1.72. The van der Waals surface area contributed by atoms with E-state index in [0.717, 1.165) is 15.1 Å². The first-order valence-corrected chi connectivity index (χ1v) is 4.71. The van der Waals surface area contributed by atoms with Crippen LogP contribution in [0.3, 0.4) is 0 Å². The molecule has 1 fully saturated rings. The Morgan fingerprint density at radius 3 is 2.45 bits per heavy atom. The summed E-state index contributed by atoms with van der Waals surface area (Å²) in [6.07, 6.45) is 0. The van der Waals surface area contributed by atoms with Crippen molar-refractivity contribution < 1.29 is 4.18 Å². The van der Waals surface area contributed by atoms with E-state index < -0.39 is 0 Å². The van der Waals surface area contributed by atoms with Gasteiger partial charge in [-0.2, -0.15) is 0 Å². The Morgan fingerprint density at radius 2 is 1.91 bits per heavy atom. The first kappa shape index (κ1) is 7.25. The molecule has 2 rings (SSSR count). The Kier molecular flexibility index (Phi) is 1.92. The van der Waals surface area contributed by atoms with Crippen LogP contribution in [0.1, 0.15) is 5.56 Å². The van der Waals surface area contributed by atoms with Crippen molar-refractivity contribution in [1.82, 2.24) is 0 Å². The summed E-state index contributed by atoms with van der Waals surface area (Å²) < 4.78 is 6.02. The van der Waals surface area contributed by atoms with E-state index in [9.17, 15) is 0 Å². The Balaban J connectivity index is 2.37. The molecule has 56 valence electrons. The first-order valence-electron chi connectivity index (χ1n) is 3.17. The molecule has 1 saturated heterocycles. The summed E-state index contributed by atoms with van der Waals surface area (Å²) in [5, 5.41) is 0.969. The molecule has 0 amide bonds. The van der Waals surface area contributed by atoms with E-state index in [-0.39, 0.29) is 0 Å². The topological polar surface area (TPSA) is 12.5 Å². The third-order valence-corrected chi connectivity index (χ3v) is 2.99. The molecule has 1 nitrogen and oxygen atoms in total. The fourth-order valence-corrected chi connectivity index (χ4v) is 1.76. The van der Waals surface area contributed by atoms with Crippen LogP contribution < -0.4 is 0 Å². The van der Waals surface area contributed by atoms with E-state index in [0.29, 0.717) is 0 Å². The monoisotopic (exact) mass is 228 g/mol. The minimum Gasteiger partial charge on any atom is -0.406 e. The zero-order valence-electron chi connectivity index (χ0n) is 5.58. The average Bonchev–Trinajstić information content (AvgIpc) is 2.87. The van der Waals surface area contributed by atoms with Gasteiger partial charge in [-0.25, -0.2) is 0 Å². The Bertz CT molecular complexity index is 288. The Morgan fingerprint density at radius 1 is 1.27 bits per heavy atom. The zero-order chi connectivity index (χ0) is 7.68. The lowest BCUT2D eigenvalue weighted by atomic mass is 10.2. The van der Waals surface area contributed by atoms with Crippen molar-refractivity contribution in [1.29, 1.82) is 0 Å². The molecule has 11 heavy (non-hydrogen) atoms. The van der Waals surface area contributed by atoms with E-state index in [1.807, 2.05) is 30.3 Å². The Labute approximate surface area is 77.8 Å². The van der Waals surface area contributed by atoms with E-state index in [1.54, 1.807) is 0 Å². The normalized spacial score (nSPS) is 19.0. The summed E-state index contributed by atoms with van der Waals surface area (Å²) in [6.45, 7) is 0. The standard InChI is InChI=1S/C8H5BrOS/c9-7(8-10-11-8)6-4-2-1-3-5-6/h1-5H. The summed E-state index contributed by atoms with van der Waals surface area (Å²) in [5.74, 6) is 0. The average molecular weight is 229 g/mol. The van der Waals surface area contributed by atoms with Crippen molar-refractivity contribution in [2.75, 3.05) is 0 Å². The Hall–Kier alpha value is -0.410. The second-order valence-corrected chi connectivity index (χ2v) is 3.63. The molecule has 0 saturated carbocycles. The summed E-state index contributed by atoms with van der Waals surface area (Å²) >= 11 is 4.85. The second-order valence-electron chi connectivity index (χ2n) is 2.13. The predicted molar refractivity (Wildman–Crippen MR) is 51.0 cm³/mol. The van der Waals surface area contributed by atoms with E-state index >= 15 is 0 Å². The molecule has 0 N–H and O–H groups in total.